The van der Waals surface area contributed by atoms with Crippen LogP contribution >= 0.6 is 0 Å². The van der Waals surface area contributed by atoms with Crippen LogP contribution in [-0.2, 0) is 4.79 Å². The molecule has 2 aliphatic heterocycles. The van der Waals surface area contributed by atoms with E-state index in [1.165, 1.54) is 25.7 Å². The van der Waals surface area contributed by atoms with Gasteiger partial charge in [-0.1, -0.05) is 12.8 Å². The van der Waals surface area contributed by atoms with Crippen LogP contribution in [0.1, 0.15) is 32.1 Å². The fourth-order valence-electron chi connectivity index (χ4n) is 4.48. The third-order valence-corrected chi connectivity index (χ3v) is 6.21. The summed E-state index contributed by atoms with van der Waals surface area (Å²) < 4.78 is 10.8. The summed E-state index contributed by atoms with van der Waals surface area (Å²) in [6.45, 7) is 3.38. The van der Waals surface area contributed by atoms with E-state index in [2.05, 4.69) is 15.1 Å². The molecule has 2 aromatic rings. The molecule has 0 bridgehead atoms. The summed E-state index contributed by atoms with van der Waals surface area (Å²) >= 11 is 0. The van der Waals surface area contributed by atoms with E-state index in [1.54, 1.807) is 0 Å². The Labute approximate surface area is 170 Å². The van der Waals surface area contributed by atoms with Crippen LogP contribution in [0.5, 0.6) is 11.5 Å². The van der Waals surface area contributed by atoms with Gasteiger partial charge in [-0.05, 0) is 49.1 Å². The van der Waals surface area contributed by atoms with Gasteiger partial charge in [-0.15, -0.1) is 10.2 Å². The van der Waals surface area contributed by atoms with Crippen LogP contribution in [0.15, 0.2) is 30.3 Å². The molecule has 0 atom stereocenters. The highest BCUT2D eigenvalue weighted by Crippen LogP contribution is 2.35. The number of piperazine rings is 1. The van der Waals surface area contributed by atoms with Gasteiger partial charge in [0.05, 0.1) is 5.69 Å². The van der Waals surface area contributed by atoms with E-state index in [-0.39, 0.29) is 6.79 Å². The van der Waals surface area contributed by atoms with Crippen molar-refractivity contribution < 1.29 is 14.3 Å². The molecule has 152 valence electrons. The highest BCUT2D eigenvalue weighted by atomic mass is 16.7. The minimum Gasteiger partial charge on any atom is -0.454 e. The Morgan fingerprint density at radius 1 is 0.966 bits per heavy atom. The van der Waals surface area contributed by atoms with Gasteiger partial charge in [0, 0.05) is 38.2 Å². The van der Waals surface area contributed by atoms with Crippen molar-refractivity contribution in [1.82, 2.24) is 15.1 Å². The van der Waals surface area contributed by atoms with Gasteiger partial charge in [-0.25, -0.2) is 0 Å². The Kier molecular flexibility index (Phi) is 4.96. The highest BCUT2D eigenvalue weighted by molar-refractivity contribution is 5.76. The summed E-state index contributed by atoms with van der Waals surface area (Å²) in [5.41, 5.74) is 1.76. The molecule has 1 aromatic carbocycles. The van der Waals surface area contributed by atoms with E-state index in [4.69, 9.17) is 9.47 Å². The van der Waals surface area contributed by atoms with Gasteiger partial charge < -0.3 is 19.3 Å². The fourth-order valence-corrected chi connectivity index (χ4v) is 4.48. The predicted octanol–water partition coefficient (Wildman–Crippen LogP) is 3.10. The van der Waals surface area contributed by atoms with Crippen LogP contribution in [0.25, 0.3) is 11.3 Å². The molecule has 5 rings (SSSR count). The zero-order chi connectivity index (χ0) is 19.6. The van der Waals surface area contributed by atoms with Crippen molar-refractivity contribution in [1.29, 1.82) is 0 Å². The quantitative estimate of drug-likeness (QED) is 0.794. The Bertz CT molecular complexity index is 872. The first-order chi connectivity index (χ1) is 14.3. The van der Waals surface area contributed by atoms with Gasteiger partial charge in [0.25, 0.3) is 0 Å². The van der Waals surface area contributed by atoms with Crippen LogP contribution in [0.3, 0.4) is 0 Å². The lowest BCUT2D eigenvalue weighted by molar-refractivity contribution is -0.132. The van der Waals surface area contributed by atoms with Crippen LogP contribution in [0.4, 0.5) is 5.82 Å². The van der Waals surface area contributed by atoms with Crippen LogP contribution < -0.4 is 14.4 Å². The number of benzene rings is 1. The molecule has 0 spiro atoms. The zero-order valence-electron chi connectivity index (χ0n) is 16.5. The summed E-state index contributed by atoms with van der Waals surface area (Å²) in [6, 6.07) is 9.78. The van der Waals surface area contributed by atoms with Crippen LogP contribution in [0, 0.1) is 5.92 Å². The molecule has 3 heterocycles. The van der Waals surface area contributed by atoms with Gasteiger partial charge in [-0.3, -0.25) is 4.79 Å². The number of hydrogen-bond acceptors (Lipinski definition) is 6. The van der Waals surface area contributed by atoms with Gasteiger partial charge in [0.1, 0.15) is 0 Å². The van der Waals surface area contributed by atoms with Crippen molar-refractivity contribution in [3.05, 3.63) is 30.3 Å². The number of anilines is 1. The molecule has 3 aliphatic rings. The highest BCUT2D eigenvalue weighted by Gasteiger charge is 2.25. The van der Waals surface area contributed by atoms with Crippen molar-refractivity contribution >= 4 is 11.7 Å². The van der Waals surface area contributed by atoms with Crippen molar-refractivity contribution in [3.8, 4) is 22.8 Å². The summed E-state index contributed by atoms with van der Waals surface area (Å²) in [5.74, 6) is 3.29. The molecular weight excluding hydrogens is 368 g/mol. The summed E-state index contributed by atoms with van der Waals surface area (Å²) in [6.07, 6.45) is 5.73. The lowest BCUT2D eigenvalue weighted by atomic mass is 10.0. The number of carbonyl (C=O) groups is 1. The van der Waals surface area contributed by atoms with E-state index in [0.717, 1.165) is 61.2 Å². The lowest BCUT2D eigenvalue weighted by Crippen LogP contribution is -2.49. The molecule has 0 radical (unpaired) electrons. The topological polar surface area (TPSA) is 67.8 Å². The third kappa shape index (κ3) is 3.86. The number of hydrogen-bond donors (Lipinski definition) is 0. The van der Waals surface area contributed by atoms with Crippen molar-refractivity contribution in [3.63, 3.8) is 0 Å². The number of aromatic nitrogens is 2. The first-order valence-corrected chi connectivity index (χ1v) is 10.5. The second-order valence-electron chi connectivity index (χ2n) is 8.07. The molecule has 7 nitrogen and oxygen atoms in total. The monoisotopic (exact) mass is 394 g/mol. The smallest absolute Gasteiger partial charge is 0.231 e. The van der Waals surface area contributed by atoms with E-state index in [1.807, 2.05) is 35.2 Å². The second kappa shape index (κ2) is 7.89. The minimum absolute atomic E-state index is 0.262. The first kappa shape index (κ1) is 18.2. The van der Waals surface area contributed by atoms with Crippen LogP contribution in [-0.4, -0.2) is 54.0 Å². The molecule has 1 saturated carbocycles. The van der Waals surface area contributed by atoms with E-state index in [9.17, 15) is 4.79 Å². The summed E-state index contributed by atoms with van der Waals surface area (Å²) in [5, 5.41) is 8.83. The maximum absolute atomic E-state index is 12.5. The fraction of sp³-hybridized carbons (Fsp3) is 0.500. The normalized spacial score (nSPS) is 19.0. The predicted molar refractivity (Wildman–Crippen MR) is 109 cm³/mol. The van der Waals surface area contributed by atoms with Crippen molar-refractivity contribution in [2.24, 2.45) is 5.92 Å². The molecular formula is C22H26N4O3. The molecule has 1 saturated heterocycles. The van der Waals surface area contributed by atoms with Crippen molar-refractivity contribution in [2.75, 3.05) is 37.9 Å². The maximum atomic E-state index is 12.5. The molecule has 0 unspecified atom stereocenters. The molecule has 7 heteroatoms. The Morgan fingerprint density at radius 2 is 1.76 bits per heavy atom. The SMILES string of the molecule is O=C(CC1CCCC1)N1CCN(c2ccc(-c3ccc4c(c3)OCO4)nn2)CC1. The van der Waals surface area contributed by atoms with Gasteiger partial charge in [0.15, 0.2) is 17.3 Å². The van der Waals surface area contributed by atoms with E-state index < -0.39 is 0 Å². The largest absolute Gasteiger partial charge is 0.454 e. The maximum Gasteiger partial charge on any atom is 0.231 e. The molecule has 2 fully saturated rings. The number of rotatable bonds is 4. The Balaban J connectivity index is 1.18. The molecule has 1 amide bonds. The second-order valence-corrected chi connectivity index (χ2v) is 8.07. The first-order valence-electron chi connectivity index (χ1n) is 10.5. The Morgan fingerprint density at radius 3 is 2.52 bits per heavy atom. The molecule has 1 aromatic heterocycles. The summed E-state index contributed by atoms with van der Waals surface area (Å²) in [4.78, 5) is 16.8. The van der Waals surface area contributed by atoms with Crippen LogP contribution in [0.2, 0.25) is 0 Å². The zero-order valence-corrected chi connectivity index (χ0v) is 16.5. The number of fused-ring (bicyclic) bond motifs is 1. The third-order valence-electron chi connectivity index (χ3n) is 6.21. The Hall–Kier alpha value is -2.83. The molecule has 1 aliphatic carbocycles. The number of ether oxygens (including phenoxy) is 2. The molecule has 29 heavy (non-hydrogen) atoms. The van der Waals surface area contributed by atoms with Gasteiger partial charge in [0.2, 0.25) is 12.7 Å². The standard InChI is InChI=1S/C22H26N4O3/c27-22(13-16-3-1-2-4-16)26-11-9-25(10-12-26)21-8-6-18(23-24-21)17-5-7-19-20(14-17)29-15-28-19/h5-8,14,16H,1-4,9-13,15H2. The van der Waals surface area contributed by atoms with E-state index >= 15 is 0 Å². The van der Waals surface area contributed by atoms with E-state index in [0.29, 0.717) is 11.8 Å². The van der Waals surface area contributed by atoms with Crippen molar-refractivity contribution in [2.45, 2.75) is 32.1 Å². The van der Waals surface area contributed by atoms with Gasteiger partial charge >= 0.3 is 0 Å². The average molecular weight is 394 g/mol. The lowest BCUT2D eigenvalue weighted by Gasteiger charge is -2.35. The number of carbonyl (C=O) groups excluding carboxylic acids is 1. The minimum atomic E-state index is 0.262. The number of nitrogens with zero attached hydrogens (tertiary/aromatic N) is 4. The summed E-state index contributed by atoms with van der Waals surface area (Å²) in [7, 11) is 0. The van der Waals surface area contributed by atoms with Gasteiger partial charge in [-0.2, -0.15) is 0 Å². The number of amides is 1. The average Bonchev–Trinajstić information content (AvgIpc) is 3.45. The molecule has 0 N–H and O–H groups in total.